The average Bonchev–Trinajstić information content (AvgIpc) is 2.41. The van der Waals surface area contributed by atoms with E-state index in [2.05, 4.69) is 0 Å². The van der Waals surface area contributed by atoms with Crippen molar-refractivity contribution in [1.82, 2.24) is 0 Å². The Balaban J connectivity index is 2.85. The zero-order chi connectivity index (χ0) is 13.2. The van der Waals surface area contributed by atoms with Gasteiger partial charge >= 0.3 is 0 Å². The number of para-hydroxylation sites is 1. The lowest BCUT2D eigenvalue weighted by atomic mass is 10.3. The Hall–Kier alpha value is -1.50. The van der Waals surface area contributed by atoms with Crippen LogP contribution in [-0.2, 0) is 0 Å². The van der Waals surface area contributed by atoms with Gasteiger partial charge in [-0.1, -0.05) is 6.07 Å². The Morgan fingerprint density at radius 3 is 1.61 bits per heavy atom. The summed E-state index contributed by atoms with van der Waals surface area (Å²) in [6.07, 6.45) is 0. The van der Waals surface area contributed by atoms with E-state index >= 15 is 0 Å². The molecule has 0 spiro atoms. The van der Waals surface area contributed by atoms with Gasteiger partial charge in [0.25, 0.3) is 0 Å². The first kappa shape index (κ1) is 14.6. The predicted molar refractivity (Wildman–Crippen MR) is 64.2 cm³/mol. The average molecular weight is 258 g/mol. The van der Waals surface area contributed by atoms with Crippen molar-refractivity contribution in [3.8, 4) is 17.2 Å². The van der Waals surface area contributed by atoms with Gasteiger partial charge in [-0.15, -0.1) is 0 Å². The van der Waals surface area contributed by atoms with Crippen LogP contribution in [0, 0.1) is 0 Å². The van der Waals surface area contributed by atoms with E-state index in [1.165, 1.54) is 0 Å². The van der Waals surface area contributed by atoms with Crippen molar-refractivity contribution in [2.75, 3.05) is 39.6 Å². The number of ether oxygens (including phenoxy) is 3. The van der Waals surface area contributed by atoms with E-state index in [1.807, 2.05) is 0 Å². The van der Waals surface area contributed by atoms with Crippen molar-refractivity contribution in [3.63, 3.8) is 0 Å². The highest BCUT2D eigenvalue weighted by atomic mass is 16.5. The maximum atomic E-state index is 8.77. The van der Waals surface area contributed by atoms with E-state index in [9.17, 15) is 0 Å². The topological polar surface area (TPSA) is 88.4 Å². The van der Waals surface area contributed by atoms with Crippen LogP contribution in [0.3, 0.4) is 0 Å². The molecule has 1 aromatic rings. The highest BCUT2D eigenvalue weighted by Crippen LogP contribution is 2.37. The van der Waals surface area contributed by atoms with Gasteiger partial charge in [-0.2, -0.15) is 0 Å². The fourth-order valence-corrected chi connectivity index (χ4v) is 1.32. The Bertz CT molecular complexity index is 315. The van der Waals surface area contributed by atoms with Gasteiger partial charge in [-0.05, 0) is 12.1 Å². The molecule has 0 aliphatic heterocycles. The Morgan fingerprint density at radius 2 is 1.17 bits per heavy atom. The molecule has 0 amide bonds. The van der Waals surface area contributed by atoms with Crippen LogP contribution >= 0.6 is 0 Å². The molecule has 6 nitrogen and oxygen atoms in total. The first-order chi connectivity index (χ1) is 8.83. The highest BCUT2D eigenvalue weighted by molar-refractivity contribution is 5.51. The molecule has 18 heavy (non-hydrogen) atoms. The molecule has 0 atom stereocenters. The van der Waals surface area contributed by atoms with E-state index in [0.29, 0.717) is 17.2 Å². The van der Waals surface area contributed by atoms with Crippen LogP contribution in [-0.4, -0.2) is 55.0 Å². The predicted octanol–water partition coefficient (Wildman–Crippen LogP) is -0.200. The van der Waals surface area contributed by atoms with Crippen LogP contribution in [0.25, 0.3) is 0 Å². The smallest absolute Gasteiger partial charge is 0.203 e. The first-order valence-electron chi connectivity index (χ1n) is 5.67. The van der Waals surface area contributed by atoms with Gasteiger partial charge in [-0.25, -0.2) is 0 Å². The standard InChI is InChI=1S/C12H18O6/c13-4-7-16-10-2-1-3-11(17-8-5-14)12(10)18-9-6-15/h1-3,13-15H,4-9H2. The number of aliphatic hydroxyl groups is 3. The lowest BCUT2D eigenvalue weighted by Crippen LogP contribution is -2.09. The zero-order valence-electron chi connectivity index (χ0n) is 10.0. The third-order valence-electron chi connectivity index (χ3n) is 1.98. The maximum Gasteiger partial charge on any atom is 0.203 e. The fraction of sp³-hybridized carbons (Fsp3) is 0.500. The number of hydrogen-bond acceptors (Lipinski definition) is 6. The number of rotatable bonds is 9. The van der Waals surface area contributed by atoms with Gasteiger partial charge in [0.2, 0.25) is 5.75 Å². The quantitative estimate of drug-likeness (QED) is 0.568. The maximum absolute atomic E-state index is 8.77. The van der Waals surface area contributed by atoms with Crippen molar-refractivity contribution < 1.29 is 29.5 Å². The highest BCUT2D eigenvalue weighted by Gasteiger charge is 2.12. The summed E-state index contributed by atoms with van der Waals surface area (Å²) < 4.78 is 16.0. The number of hydrogen-bond donors (Lipinski definition) is 3. The lowest BCUT2D eigenvalue weighted by molar-refractivity contribution is 0.164. The van der Waals surface area contributed by atoms with Crippen LogP contribution in [0.5, 0.6) is 17.2 Å². The molecule has 0 unspecified atom stereocenters. The van der Waals surface area contributed by atoms with Gasteiger partial charge in [0.1, 0.15) is 19.8 Å². The van der Waals surface area contributed by atoms with Gasteiger partial charge in [0, 0.05) is 0 Å². The molecule has 0 bridgehead atoms. The second-order valence-electron chi connectivity index (χ2n) is 3.30. The van der Waals surface area contributed by atoms with Crippen molar-refractivity contribution in [1.29, 1.82) is 0 Å². The largest absolute Gasteiger partial charge is 0.487 e. The van der Waals surface area contributed by atoms with Crippen LogP contribution < -0.4 is 14.2 Å². The van der Waals surface area contributed by atoms with Gasteiger partial charge < -0.3 is 29.5 Å². The molecule has 3 N–H and O–H groups in total. The van der Waals surface area contributed by atoms with E-state index in [-0.39, 0.29) is 39.6 Å². The molecule has 102 valence electrons. The molecule has 0 heterocycles. The molecule has 1 aromatic carbocycles. The molecular weight excluding hydrogens is 240 g/mol. The summed E-state index contributed by atoms with van der Waals surface area (Å²) >= 11 is 0. The molecule has 0 radical (unpaired) electrons. The SMILES string of the molecule is OCCOc1cccc(OCCO)c1OCCO. The molecule has 0 fully saturated rings. The van der Waals surface area contributed by atoms with Crippen molar-refractivity contribution in [2.24, 2.45) is 0 Å². The minimum Gasteiger partial charge on any atom is -0.487 e. The first-order valence-corrected chi connectivity index (χ1v) is 5.67. The fourth-order valence-electron chi connectivity index (χ4n) is 1.32. The second-order valence-corrected chi connectivity index (χ2v) is 3.30. The molecule has 0 saturated heterocycles. The normalized spacial score (nSPS) is 10.2. The van der Waals surface area contributed by atoms with E-state index in [4.69, 9.17) is 29.5 Å². The molecule has 6 heteroatoms. The Morgan fingerprint density at radius 1 is 0.722 bits per heavy atom. The minimum atomic E-state index is -0.131. The molecule has 0 aliphatic carbocycles. The monoisotopic (exact) mass is 258 g/mol. The number of aliphatic hydroxyl groups excluding tert-OH is 3. The third-order valence-corrected chi connectivity index (χ3v) is 1.98. The second kappa shape index (κ2) is 8.57. The summed E-state index contributed by atoms with van der Waals surface area (Å²) in [6, 6.07) is 5.06. The van der Waals surface area contributed by atoms with Gasteiger partial charge in [-0.3, -0.25) is 0 Å². The minimum absolute atomic E-state index is 0.106. The van der Waals surface area contributed by atoms with Gasteiger partial charge in [0.05, 0.1) is 19.8 Å². The molecule has 0 saturated carbocycles. The summed E-state index contributed by atoms with van der Waals surface area (Å²) in [6.45, 7) is 0.0307. The third kappa shape index (κ3) is 4.40. The summed E-state index contributed by atoms with van der Waals surface area (Å²) in [7, 11) is 0. The van der Waals surface area contributed by atoms with Gasteiger partial charge in [0.15, 0.2) is 11.5 Å². The molecule has 0 aliphatic rings. The summed E-state index contributed by atoms with van der Waals surface area (Å²) in [5.74, 6) is 1.20. The number of benzene rings is 1. The Kier molecular flexibility index (Phi) is 6.93. The molecule has 0 aromatic heterocycles. The molecular formula is C12H18O6. The van der Waals surface area contributed by atoms with E-state index in [0.717, 1.165) is 0 Å². The van der Waals surface area contributed by atoms with Crippen molar-refractivity contribution in [2.45, 2.75) is 0 Å². The van der Waals surface area contributed by atoms with Crippen LogP contribution in [0.2, 0.25) is 0 Å². The van der Waals surface area contributed by atoms with Crippen LogP contribution in [0.15, 0.2) is 18.2 Å². The van der Waals surface area contributed by atoms with E-state index < -0.39 is 0 Å². The summed E-state index contributed by atoms with van der Waals surface area (Å²) in [5.41, 5.74) is 0. The van der Waals surface area contributed by atoms with Crippen molar-refractivity contribution in [3.05, 3.63) is 18.2 Å². The lowest BCUT2D eigenvalue weighted by Gasteiger charge is -2.15. The summed E-state index contributed by atoms with van der Waals surface area (Å²) in [4.78, 5) is 0. The Labute approximate surface area is 105 Å². The van der Waals surface area contributed by atoms with Crippen molar-refractivity contribution >= 4 is 0 Å². The molecule has 1 rings (SSSR count). The zero-order valence-corrected chi connectivity index (χ0v) is 10.0. The van der Waals surface area contributed by atoms with Crippen LogP contribution in [0.4, 0.5) is 0 Å². The van der Waals surface area contributed by atoms with E-state index in [1.54, 1.807) is 18.2 Å². The summed E-state index contributed by atoms with van der Waals surface area (Å²) in [5, 5.41) is 26.2. The van der Waals surface area contributed by atoms with Crippen LogP contribution in [0.1, 0.15) is 0 Å².